The minimum atomic E-state index is 0.164. The van der Waals surface area contributed by atoms with E-state index >= 15 is 0 Å². The Kier molecular flexibility index (Phi) is 6.86. The van der Waals surface area contributed by atoms with Crippen LogP contribution >= 0.6 is 11.3 Å². The van der Waals surface area contributed by atoms with Crippen molar-refractivity contribution in [2.24, 2.45) is 0 Å². The fraction of sp³-hybridized carbons (Fsp3) is 0.179. The highest BCUT2D eigenvalue weighted by Crippen LogP contribution is 2.21. The topological polar surface area (TPSA) is 94.7 Å². The Morgan fingerprint density at radius 3 is 2.31 bits per heavy atom. The summed E-state index contributed by atoms with van der Waals surface area (Å²) >= 11 is 1.63. The number of benzene rings is 2. The molecule has 5 aromatic rings. The van der Waals surface area contributed by atoms with Gasteiger partial charge in [0, 0.05) is 37.2 Å². The van der Waals surface area contributed by atoms with E-state index in [1.807, 2.05) is 54.0 Å². The number of ketones is 1. The van der Waals surface area contributed by atoms with Gasteiger partial charge in [0.25, 0.3) is 0 Å². The molecule has 0 aliphatic carbocycles. The number of thiazole rings is 1. The van der Waals surface area contributed by atoms with Crippen LogP contribution in [-0.2, 0) is 19.3 Å². The van der Waals surface area contributed by atoms with Crippen LogP contribution in [0, 0.1) is 0 Å². The zero-order valence-electron chi connectivity index (χ0n) is 19.2. The van der Waals surface area contributed by atoms with Gasteiger partial charge in [-0.3, -0.25) is 9.78 Å². The van der Waals surface area contributed by atoms with Gasteiger partial charge in [-0.2, -0.15) is 0 Å². The maximum absolute atomic E-state index is 12.6. The number of carbonyl (C=O) groups excluding carboxylic acids is 1. The average molecular weight is 480 g/mol. The second kappa shape index (κ2) is 10.5. The maximum atomic E-state index is 12.6. The molecule has 174 valence electrons. The third kappa shape index (κ3) is 5.94. The first-order valence-corrected chi connectivity index (χ1v) is 12.5. The number of hydrogen-bond donors (Lipinski definition) is 1. The van der Waals surface area contributed by atoms with Gasteiger partial charge in [-0.05, 0) is 59.9 Å². The van der Waals surface area contributed by atoms with Crippen molar-refractivity contribution in [2.75, 3.05) is 5.73 Å². The van der Waals surface area contributed by atoms with Gasteiger partial charge >= 0.3 is 0 Å². The fourth-order valence-corrected chi connectivity index (χ4v) is 4.88. The van der Waals surface area contributed by atoms with Crippen LogP contribution in [0.2, 0.25) is 0 Å². The molecule has 2 aromatic carbocycles. The van der Waals surface area contributed by atoms with Crippen molar-refractivity contribution in [1.82, 2.24) is 19.9 Å². The first kappa shape index (κ1) is 22.8. The predicted molar refractivity (Wildman–Crippen MR) is 140 cm³/mol. The Balaban J connectivity index is 1.21. The largest absolute Gasteiger partial charge is 0.368 e. The second-order valence-electron chi connectivity index (χ2n) is 8.55. The second-order valence-corrected chi connectivity index (χ2v) is 9.43. The summed E-state index contributed by atoms with van der Waals surface area (Å²) in [5.41, 5.74) is 14.8. The Hall–Kier alpha value is -3.97. The zero-order chi connectivity index (χ0) is 24.0. The summed E-state index contributed by atoms with van der Waals surface area (Å²) in [5, 5.41) is 0. The molecule has 0 atom stereocenters. The summed E-state index contributed by atoms with van der Waals surface area (Å²) in [6, 6.07) is 20.0. The van der Waals surface area contributed by atoms with Crippen LogP contribution in [0.5, 0.6) is 0 Å². The van der Waals surface area contributed by atoms with Gasteiger partial charge in [0.1, 0.15) is 0 Å². The molecule has 3 aromatic heterocycles. The molecule has 0 fully saturated rings. The molecule has 0 unspecified atom stereocenters. The van der Waals surface area contributed by atoms with Crippen molar-refractivity contribution in [3.05, 3.63) is 112 Å². The third-order valence-corrected chi connectivity index (χ3v) is 6.70. The van der Waals surface area contributed by atoms with Gasteiger partial charge < -0.3 is 5.73 Å². The molecular weight excluding hydrogens is 454 g/mol. The van der Waals surface area contributed by atoms with E-state index in [1.54, 1.807) is 23.7 Å². The molecule has 0 amide bonds. The quantitative estimate of drug-likeness (QED) is 0.283. The number of rotatable bonds is 9. The molecule has 5 rings (SSSR count). The maximum Gasteiger partial charge on any atom is 0.220 e. The molecule has 7 heteroatoms. The molecule has 35 heavy (non-hydrogen) atoms. The average Bonchev–Trinajstić information content (AvgIpc) is 3.33. The molecule has 6 nitrogen and oxygen atoms in total. The van der Waals surface area contributed by atoms with E-state index in [4.69, 9.17) is 5.73 Å². The van der Waals surface area contributed by atoms with Crippen molar-refractivity contribution in [1.29, 1.82) is 0 Å². The van der Waals surface area contributed by atoms with E-state index in [0.29, 0.717) is 19.3 Å². The third-order valence-electron chi connectivity index (χ3n) is 5.91. The molecule has 0 saturated carbocycles. The number of nitrogen functional groups attached to an aromatic ring is 1. The normalized spacial score (nSPS) is 11.1. The van der Waals surface area contributed by atoms with E-state index in [2.05, 4.69) is 32.1 Å². The monoisotopic (exact) mass is 479 g/mol. The Bertz CT molecular complexity index is 1450. The first-order valence-electron chi connectivity index (χ1n) is 11.6. The highest BCUT2D eigenvalue weighted by molar-refractivity contribution is 7.16. The van der Waals surface area contributed by atoms with Crippen LogP contribution in [0.3, 0.4) is 0 Å². The highest BCUT2D eigenvalue weighted by Gasteiger charge is 2.09. The van der Waals surface area contributed by atoms with Crippen molar-refractivity contribution < 1.29 is 4.79 Å². The molecule has 0 spiro atoms. The molecule has 0 saturated heterocycles. The lowest BCUT2D eigenvalue weighted by Gasteiger charge is -2.08. The summed E-state index contributed by atoms with van der Waals surface area (Å²) in [5.74, 6) is 0.439. The smallest absolute Gasteiger partial charge is 0.220 e. The van der Waals surface area contributed by atoms with Gasteiger partial charge in [0.05, 0.1) is 27.1 Å². The number of hydrogen-bond acceptors (Lipinski definition) is 7. The standard InChI is InChI=1S/C28H25N5OS/c29-28-32-23(17-24(33-28)15-21-6-9-25-27(16-21)35-18-31-25)14-20-4-7-22(8-5-20)26(34)3-1-2-19-10-12-30-13-11-19/h4-13,16-18H,1-3,14-15H2,(H2,29,32,33). The number of fused-ring (bicyclic) bond motifs is 1. The van der Waals surface area contributed by atoms with Gasteiger partial charge in [-0.15, -0.1) is 11.3 Å². The molecule has 0 aliphatic heterocycles. The fourth-order valence-electron chi connectivity index (χ4n) is 4.14. The van der Waals surface area contributed by atoms with Crippen molar-refractivity contribution in [3.8, 4) is 0 Å². The van der Waals surface area contributed by atoms with E-state index in [-0.39, 0.29) is 11.7 Å². The number of nitrogens with zero attached hydrogens (tertiary/aromatic N) is 4. The number of aromatic nitrogens is 4. The lowest BCUT2D eigenvalue weighted by atomic mass is 10.0. The minimum absolute atomic E-state index is 0.164. The number of carbonyl (C=O) groups is 1. The van der Waals surface area contributed by atoms with Gasteiger partial charge in [0.2, 0.25) is 5.95 Å². The summed E-state index contributed by atoms with van der Waals surface area (Å²) in [6.45, 7) is 0. The number of nitrogens with two attached hydrogens (primary N) is 1. The summed E-state index contributed by atoms with van der Waals surface area (Å²) in [7, 11) is 0. The predicted octanol–water partition coefficient (Wildman–Crippen LogP) is 5.45. The van der Waals surface area contributed by atoms with Crippen molar-refractivity contribution >= 4 is 33.3 Å². The molecule has 0 radical (unpaired) electrons. The van der Waals surface area contributed by atoms with E-state index in [9.17, 15) is 4.79 Å². The Morgan fingerprint density at radius 2 is 1.54 bits per heavy atom. The molecular formula is C28H25N5OS. The van der Waals surface area contributed by atoms with Crippen LogP contribution in [0.25, 0.3) is 10.2 Å². The number of pyridine rings is 1. The minimum Gasteiger partial charge on any atom is -0.368 e. The first-order chi connectivity index (χ1) is 17.1. The highest BCUT2D eigenvalue weighted by atomic mass is 32.1. The lowest BCUT2D eigenvalue weighted by molar-refractivity contribution is 0.0980. The Morgan fingerprint density at radius 1 is 0.829 bits per heavy atom. The van der Waals surface area contributed by atoms with Crippen LogP contribution in [-0.4, -0.2) is 25.7 Å². The number of Topliss-reactive ketones (excluding diaryl/α,β-unsaturated/α-hetero) is 1. The van der Waals surface area contributed by atoms with Crippen LogP contribution in [0.15, 0.2) is 78.6 Å². The summed E-state index contributed by atoms with van der Waals surface area (Å²) in [6.07, 6.45) is 7.11. The van der Waals surface area contributed by atoms with E-state index in [0.717, 1.165) is 51.1 Å². The van der Waals surface area contributed by atoms with Crippen LogP contribution in [0.4, 0.5) is 5.95 Å². The molecule has 0 aliphatic rings. The lowest BCUT2D eigenvalue weighted by Crippen LogP contribution is -2.05. The van der Waals surface area contributed by atoms with Gasteiger partial charge in [-0.25, -0.2) is 15.0 Å². The van der Waals surface area contributed by atoms with E-state index < -0.39 is 0 Å². The zero-order valence-corrected chi connectivity index (χ0v) is 20.0. The SMILES string of the molecule is Nc1nc(Cc2ccc(C(=O)CCCc3ccncc3)cc2)cc(Cc2ccc3ncsc3c2)n1. The summed E-state index contributed by atoms with van der Waals surface area (Å²) in [4.78, 5) is 29.8. The van der Waals surface area contributed by atoms with Gasteiger partial charge in [0.15, 0.2) is 5.78 Å². The number of anilines is 1. The van der Waals surface area contributed by atoms with Crippen LogP contribution < -0.4 is 5.73 Å². The van der Waals surface area contributed by atoms with Crippen molar-refractivity contribution in [2.45, 2.75) is 32.1 Å². The van der Waals surface area contributed by atoms with Crippen LogP contribution in [0.1, 0.15) is 51.3 Å². The van der Waals surface area contributed by atoms with E-state index in [1.165, 1.54) is 5.56 Å². The van der Waals surface area contributed by atoms with Crippen molar-refractivity contribution in [3.63, 3.8) is 0 Å². The molecule has 0 bridgehead atoms. The Labute approximate surface area is 207 Å². The summed E-state index contributed by atoms with van der Waals surface area (Å²) < 4.78 is 1.16. The molecule has 3 heterocycles. The molecule has 2 N–H and O–H groups in total. The van der Waals surface area contributed by atoms with Gasteiger partial charge in [-0.1, -0.05) is 30.3 Å². The number of aryl methyl sites for hydroxylation is 1.